The summed E-state index contributed by atoms with van der Waals surface area (Å²) >= 11 is 0. The lowest BCUT2D eigenvalue weighted by Gasteiger charge is -2.28. The van der Waals surface area contributed by atoms with E-state index in [4.69, 9.17) is 10.1 Å². The van der Waals surface area contributed by atoms with E-state index >= 15 is 0 Å². The van der Waals surface area contributed by atoms with Crippen LogP contribution in [0.2, 0.25) is 0 Å². The predicted molar refractivity (Wildman–Crippen MR) is 95.3 cm³/mol. The first kappa shape index (κ1) is 16.2. The molecule has 7 nitrogen and oxygen atoms in total. The molecule has 2 aromatic rings. The third kappa shape index (κ3) is 3.80. The molecular formula is C17H22N6O. The number of hydrogen-bond acceptors (Lipinski definition) is 7. The molecule has 1 aliphatic heterocycles. The highest BCUT2D eigenvalue weighted by molar-refractivity contribution is 5.85. The fraction of sp³-hybridized carbons (Fsp3) is 0.353. The molecular weight excluding hydrogens is 304 g/mol. The van der Waals surface area contributed by atoms with Crippen LogP contribution in [0.5, 0.6) is 6.01 Å². The molecule has 0 spiro atoms. The molecule has 1 aliphatic rings. The van der Waals surface area contributed by atoms with Crippen molar-refractivity contribution >= 4 is 17.7 Å². The third-order valence-electron chi connectivity index (χ3n) is 3.97. The molecule has 126 valence electrons. The van der Waals surface area contributed by atoms with Crippen molar-refractivity contribution in [3.63, 3.8) is 0 Å². The molecule has 3 N–H and O–H groups in total. The number of hydrogen-bond donors (Lipinski definition) is 3. The maximum Gasteiger partial charge on any atom is 0.318 e. The summed E-state index contributed by atoms with van der Waals surface area (Å²) in [6.45, 7) is 4.19. The van der Waals surface area contributed by atoms with Crippen LogP contribution in [-0.4, -0.2) is 49.4 Å². The first-order valence-electron chi connectivity index (χ1n) is 8.03. The minimum absolute atomic E-state index is 0.383. The second kappa shape index (κ2) is 7.74. The first-order chi connectivity index (χ1) is 11.8. The second-order valence-corrected chi connectivity index (χ2v) is 5.54. The van der Waals surface area contributed by atoms with E-state index in [9.17, 15) is 0 Å². The highest BCUT2D eigenvalue weighted by Gasteiger charge is 2.12. The van der Waals surface area contributed by atoms with Crippen LogP contribution in [0.15, 0.2) is 30.5 Å². The van der Waals surface area contributed by atoms with Crippen LogP contribution in [0.1, 0.15) is 11.1 Å². The molecule has 0 radical (unpaired) electrons. The van der Waals surface area contributed by atoms with E-state index in [1.807, 2.05) is 31.3 Å². The Morgan fingerprint density at radius 3 is 2.92 bits per heavy atom. The summed E-state index contributed by atoms with van der Waals surface area (Å²) in [5, 5.41) is 13.8. The fourth-order valence-corrected chi connectivity index (χ4v) is 2.65. The topological polar surface area (TPSA) is 86.2 Å². The van der Waals surface area contributed by atoms with Gasteiger partial charge in [-0.1, -0.05) is 12.1 Å². The molecule has 1 aromatic carbocycles. The van der Waals surface area contributed by atoms with E-state index in [-0.39, 0.29) is 0 Å². The Bertz CT molecular complexity index is 699. The van der Waals surface area contributed by atoms with E-state index in [0.717, 1.165) is 48.8 Å². The van der Waals surface area contributed by atoms with Crippen LogP contribution >= 0.6 is 0 Å². The molecule has 1 aromatic heterocycles. The molecule has 0 atom stereocenters. The number of nitrogens with one attached hydrogen (secondary N) is 3. The molecule has 0 saturated carbocycles. The van der Waals surface area contributed by atoms with Crippen molar-refractivity contribution in [2.45, 2.75) is 6.61 Å². The minimum atomic E-state index is 0.383. The van der Waals surface area contributed by atoms with Gasteiger partial charge in [-0.15, -0.1) is 0 Å². The summed E-state index contributed by atoms with van der Waals surface area (Å²) in [4.78, 5) is 10.9. The summed E-state index contributed by atoms with van der Waals surface area (Å²) in [5.74, 6) is 0.900. The number of anilines is 2. The number of aromatic nitrogens is 2. The first-order valence-corrected chi connectivity index (χ1v) is 8.03. The van der Waals surface area contributed by atoms with Gasteiger partial charge in [-0.3, -0.25) is 0 Å². The Labute approximate surface area is 141 Å². The zero-order valence-electron chi connectivity index (χ0n) is 13.7. The van der Waals surface area contributed by atoms with Crippen LogP contribution in [0.3, 0.4) is 0 Å². The SMILES string of the molecule is CNc1cc(COc2nccc(N3CCNCC3)n2)ccc1C=N. The predicted octanol–water partition coefficient (Wildman–Crippen LogP) is 1.50. The van der Waals surface area contributed by atoms with Crippen molar-refractivity contribution in [1.82, 2.24) is 15.3 Å². The van der Waals surface area contributed by atoms with Gasteiger partial charge >= 0.3 is 6.01 Å². The average molecular weight is 326 g/mol. The average Bonchev–Trinajstić information content (AvgIpc) is 2.67. The van der Waals surface area contributed by atoms with E-state index in [0.29, 0.717) is 12.6 Å². The fourth-order valence-electron chi connectivity index (χ4n) is 2.65. The summed E-state index contributed by atoms with van der Waals surface area (Å²) in [5.41, 5.74) is 2.75. The van der Waals surface area contributed by atoms with Crippen molar-refractivity contribution in [3.8, 4) is 6.01 Å². The lowest BCUT2D eigenvalue weighted by molar-refractivity contribution is 0.280. The summed E-state index contributed by atoms with van der Waals surface area (Å²) in [6, 6.07) is 8.11. The normalized spacial score (nSPS) is 14.3. The molecule has 3 rings (SSSR count). The Morgan fingerprint density at radius 1 is 1.33 bits per heavy atom. The molecule has 0 bridgehead atoms. The summed E-state index contributed by atoms with van der Waals surface area (Å²) < 4.78 is 5.75. The van der Waals surface area contributed by atoms with Gasteiger partial charge in [0.2, 0.25) is 0 Å². The van der Waals surface area contributed by atoms with Gasteiger partial charge in [0.15, 0.2) is 0 Å². The van der Waals surface area contributed by atoms with Gasteiger partial charge in [0.25, 0.3) is 0 Å². The van der Waals surface area contributed by atoms with E-state index < -0.39 is 0 Å². The van der Waals surface area contributed by atoms with Gasteiger partial charge in [-0.05, 0) is 17.7 Å². The number of piperazine rings is 1. The van der Waals surface area contributed by atoms with Crippen LogP contribution in [0.25, 0.3) is 0 Å². The van der Waals surface area contributed by atoms with Crippen LogP contribution in [-0.2, 0) is 6.61 Å². The zero-order valence-corrected chi connectivity index (χ0v) is 13.7. The molecule has 0 unspecified atom stereocenters. The highest BCUT2D eigenvalue weighted by atomic mass is 16.5. The van der Waals surface area contributed by atoms with Crippen LogP contribution < -0.4 is 20.3 Å². The number of rotatable bonds is 6. The molecule has 1 fully saturated rings. The monoisotopic (exact) mass is 326 g/mol. The molecule has 24 heavy (non-hydrogen) atoms. The van der Waals surface area contributed by atoms with Gasteiger partial charge in [0.05, 0.1) is 0 Å². The molecule has 1 saturated heterocycles. The molecule has 0 amide bonds. The van der Waals surface area contributed by atoms with Crippen molar-refractivity contribution in [1.29, 1.82) is 5.41 Å². The quantitative estimate of drug-likeness (QED) is 0.698. The van der Waals surface area contributed by atoms with E-state index in [1.54, 1.807) is 6.20 Å². The molecule has 2 heterocycles. The van der Waals surface area contributed by atoms with Gasteiger partial charge in [-0.25, -0.2) is 4.98 Å². The number of benzene rings is 1. The Morgan fingerprint density at radius 2 is 2.17 bits per heavy atom. The maximum atomic E-state index is 7.39. The van der Waals surface area contributed by atoms with Crippen LogP contribution in [0.4, 0.5) is 11.5 Å². The largest absolute Gasteiger partial charge is 0.459 e. The third-order valence-corrected chi connectivity index (χ3v) is 3.97. The second-order valence-electron chi connectivity index (χ2n) is 5.54. The molecule has 7 heteroatoms. The smallest absolute Gasteiger partial charge is 0.318 e. The van der Waals surface area contributed by atoms with Crippen molar-refractivity contribution in [2.75, 3.05) is 43.4 Å². The maximum absolute atomic E-state index is 7.39. The van der Waals surface area contributed by atoms with E-state index in [2.05, 4.69) is 25.5 Å². The zero-order chi connectivity index (χ0) is 16.8. The standard InChI is InChI=1S/C17H22N6O/c1-19-15-10-13(2-3-14(15)11-18)12-24-17-21-5-4-16(22-17)23-8-6-20-7-9-23/h2-5,10-11,18-20H,6-9,12H2,1H3. The number of nitrogens with zero attached hydrogens (tertiary/aromatic N) is 3. The lowest BCUT2D eigenvalue weighted by atomic mass is 10.1. The van der Waals surface area contributed by atoms with E-state index in [1.165, 1.54) is 6.21 Å². The Hall–Kier alpha value is -2.67. The van der Waals surface area contributed by atoms with Gasteiger partial charge in [0, 0.05) is 56.9 Å². The van der Waals surface area contributed by atoms with Gasteiger partial charge in [0.1, 0.15) is 12.4 Å². The van der Waals surface area contributed by atoms with Crippen molar-refractivity contribution < 1.29 is 4.74 Å². The van der Waals surface area contributed by atoms with Crippen LogP contribution in [0, 0.1) is 5.41 Å². The number of ether oxygens (including phenoxy) is 1. The van der Waals surface area contributed by atoms with Crippen molar-refractivity contribution in [2.24, 2.45) is 0 Å². The Balaban J connectivity index is 1.67. The summed E-state index contributed by atoms with van der Waals surface area (Å²) in [6.07, 6.45) is 3.06. The van der Waals surface area contributed by atoms with Gasteiger partial charge in [-0.2, -0.15) is 4.98 Å². The minimum Gasteiger partial charge on any atom is -0.459 e. The Kier molecular flexibility index (Phi) is 5.22. The highest BCUT2D eigenvalue weighted by Crippen LogP contribution is 2.18. The summed E-state index contributed by atoms with van der Waals surface area (Å²) in [7, 11) is 1.84. The molecule has 0 aliphatic carbocycles. The van der Waals surface area contributed by atoms with Gasteiger partial charge < -0.3 is 25.7 Å². The van der Waals surface area contributed by atoms with Crippen molar-refractivity contribution in [3.05, 3.63) is 41.6 Å². The lowest BCUT2D eigenvalue weighted by Crippen LogP contribution is -2.43.